The highest BCUT2D eigenvalue weighted by Crippen LogP contribution is 2.40. The maximum Gasteiger partial charge on any atom is 0.331 e. The van der Waals surface area contributed by atoms with Gasteiger partial charge in [0.2, 0.25) is 0 Å². The normalized spacial score (nSPS) is 34.8. The molecule has 0 radical (unpaired) electrons. The monoisotopic (exact) mass is 224 g/mol. The second-order valence-electron chi connectivity index (χ2n) is 4.46. The predicted octanol–water partition coefficient (Wildman–Crippen LogP) is -0.368. The molecule has 3 aliphatic rings. The SMILES string of the molecule is O=C1NC(=O)N(C2CCOC2C2CC2)C1=O. The van der Waals surface area contributed by atoms with Gasteiger partial charge in [-0.15, -0.1) is 0 Å². The number of ether oxygens (including phenoxy) is 1. The van der Waals surface area contributed by atoms with Crippen LogP contribution in [0.1, 0.15) is 19.3 Å². The summed E-state index contributed by atoms with van der Waals surface area (Å²) < 4.78 is 5.55. The Labute approximate surface area is 91.9 Å². The van der Waals surface area contributed by atoms with Gasteiger partial charge in [-0.2, -0.15) is 0 Å². The minimum Gasteiger partial charge on any atom is -0.376 e. The molecule has 1 saturated carbocycles. The molecule has 16 heavy (non-hydrogen) atoms. The Morgan fingerprint density at radius 3 is 2.50 bits per heavy atom. The number of hydrogen-bond donors (Lipinski definition) is 1. The number of urea groups is 1. The van der Waals surface area contributed by atoms with Gasteiger partial charge in [0.15, 0.2) is 0 Å². The lowest BCUT2D eigenvalue weighted by Crippen LogP contribution is -2.45. The molecule has 0 spiro atoms. The van der Waals surface area contributed by atoms with Gasteiger partial charge in [0, 0.05) is 6.61 Å². The molecule has 4 amide bonds. The molecule has 86 valence electrons. The summed E-state index contributed by atoms with van der Waals surface area (Å²) in [4.78, 5) is 35.1. The first-order valence-corrected chi connectivity index (χ1v) is 5.48. The van der Waals surface area contributed by atoms with Crippen molar-refractivity contribution >= 4 is 17.8 Å². The van der Waals surface area contributed by atoms with Crippen molar-refractivity contribution < 1.29 is 19.1 Å². The smallest absolute Gasteiger partial charge is 0.331 e. The summed E-state index contributed by atoms with van der Waals surface area (Å²) in [6, 6.07) is -0.859. The van der Waals surface area contributed by atoms with Crippen molar-refractivity contribution in [1.29, 1.82) is 0 Å². The molecule has 2 saturated heterocycles. The van der Waals surface area contributed by atoms with Gasteiger partial charge in [-0.3, -0.25) is 14.9 Å². The van der Waals surface area contributed by atoms with E-state index in [-0.39, 0.29) is 12.1 Å². The van der Waals surface area contributed by atoms with Crippen molar-refractivity contribution in [1.82, 2.24) is 10.2 Å². The van der Waals surface area contributed by atoms with E-state index in [4.69, 9.17) is 4.74 Å². The summed E-state index contributed by atoms with van der Waals surface area (Å²) >= 11 is 0. The third-order valence-corrected chi connectivity index (χ3v) is 3.37. The summed E-state index contributed by atoms with van der Waals surface area (Å²) in [6.07, 6.45) is 2.73. The molecule has 6 nitrogen and oxygen atoms in total. The molecule has 3 fully saturated rings. The molecular formula is C10H12N2O4. The standard InChI is InChI=1S/C10H12N2O4/c13-8-9(14)12(10(15)11-8)6-3-4-16-7(6)5-1-2-5/h5-7H,1-4H2,(H,11,13,15). The van der Waals surface area contributed by atoms with E-state index in [1.54, 1.807) is 0 Å². The van der Waals surface area contributed by atoms with E-state index in [1.807, 2.05) is 5.32 Å². The lowest BCUT2D eigenvalue weighted by atomic mass is 10.1. The predicted molar refractivity (Wildman–Crippen MR) is 51.3 cm³/mol. The van der Waals surface area contributed by atoms with Crippen molar-refractivity contribution in [2.24, 2.45) is 5.92 Å². The van der Waals surface area contributed by atoms with Crippen LogP contribution in [0.15, 0.2) is 0 Å². The fourth-order valence-electron chi connectivity index (χ4n) is 2.46. The van der Waals surface area contributed by atoms with E-state index in [0.29, 0.717) is 18.9 Å². The molecule has 2 heterocycles. The Morgan fingerprint density at radius 2 is 1.94 bits per heavy atom. The average molecular weight is 224 g/mol. The molecule has 6 heteroatoms. The van der Waals surface area contributed by atoms with E-state index in [1.165, 1.54) is 0 Å². The van der Waals surface area contributed by atoms with Crippen LogP contribution in [-0.4, -0.2) is 41.5 Å². The molecule has 0 bridgehead atoms. The maximum atomic E-state index is 11.5. The third kappa shape index (κ3) is 1.33. The molecule has 3 rings (SSSR count). The van der Waals surface area contributed by atoms with Crippen molar-refractivity contribution in [2.75, 3.05) is 6.61 Å². The summed E-state index contributed by atoms with van der Waals surface area (Å²) in [5.74, 6) is -1.12. The number of nitrogens with zero attached hydrogens (tertiary/aromatic N) is 1. The van der Waals surface area contributed by atoms with E-state index >= 15 is 0 Å². The Kier molecular flexibility index (Phi) is 2.00. The van der Waals surface area contributed by atoms with Gasteiger partial charge in [0.25, 0.3) is 0 Å². The van der Waals surface area contributed by atoms with Gasteiger partial charge < -0.3 is 4.74 Å². The van der Waals surface area contributed by atoms with Crippen LogP contribution in [0.25, 0.3) is 0 Å². The Morgan fingerprint density at radius 1 is 1.19 bits per heavy atom. The number of carbonyl (C=O) groups excluding carboxylic acids is 3. The second-order valence-corrected chi connectivity index (χ2v) is 4.46. The van der Waals surface area contributed by atoms with E-state index in [0.717, 1.165) is 17.7 Å². The average Bonchev–Trinajstić information content (AvgIpc) is 2.92. The maximum absolute atomic E-state index is 11.5. The van der Waals surface area contributed by atoms with Crippen LogP contribution in [0.5, 0.6) is 0 Å². The number of carbonyl (C=O) groups is 3. The highest BCUT2D eigenvalue weighted by Gasteiger charge is 2.50. The van der Waals surface area contributed by atoms with Crippen LogP contribution >= 0.6 is 0 Å². The quantitative estimate of drug-likeness (QED) is 0.513. The fraction of sp³-hybridized carbons (Fsp3) is 0.700. The van der Waals surface area contributed by atoms with E-state index in [2.05, 4.69) is 0 Å². The lowest BCUT2D eigenvalue weighted by molar-refractivity contribution is -0.141. The highest BCUT2D eigenvalue weighted by molar-refractivity contribution is 6.44. The first kappa shape index (κ1) is 9.77. The van der Waals surface area contributed by atoms with Crippen LogP contribution in [0, 0.1) is 5.92 Å². The zero-order valence-corrected chi connectivity index (χ0v) is 8.64. The van der Waals surface area contributed by atoms with Crippen molar-refractivity contribution in [3.63, 3.8) is 0 Å². The number of amides is 4. The first-order valence-electron chi connectivity index (χ1n) is 5.48. The van der Waals surface area contributed by atoms with Crippen LogP contribution in [0.2, 0.25) is 0 Å². The molecule has 2 aliphatic heterocycles. The molecule has 2 unspecified atom stereocenters. The number of nitrogens with one attached hydrogen (secondary N) is 1. The van der Waals surface area contributed by atoms with Gasteiger partial charge in [0.05, 0.1) is 12.1 Å². The topological polar surface area (TPSA) is 75.7 Å². The molecule has 2 atom stereocenters. The Balaban J connectivity index is 1.83. The number of imide groups is 2. The number of hydrogen-bond acceptors (Lipinski definition) is 4. The zero-order valence-electron chi connectivity index (χ0n) is 8.64. The molecule has 0 aromatic rings. The minimum absolute atomic E-state index is 0.0689. The summed E-state index contributed by atoms with van der Waals surface area (Å²) in [5, 5.41) is 2.02. The lowest BCUT2D eigenvalue weighted by Gasteiger charge is -2.24. The highest BCUT2D eigenvalue weighted by atomic mass is 16.5. The summed E-state index contributed by atoms with van der Waals surface area (Å²) in [5.41, 5.74) is 0. The zero-order chi connectivity index (χ0) is 11.3. The van der Waals surface area contributed by atoms with Crippen molar-refractivity contribution in [2.45, 2.75) is 31.4 Å². The van der Waals surface area contributed by atoms with Gasteiger partial charge in [-0.1, -0.05) is 0 Å². The Hall–Kier alpha value is -1.43. The van der Waals surface area contributed by atoms with Gasteiger partial charge in [-0.25, -0.2) is 9.69 Å². The molecule has 0 aromatic heterocycles. The van der Waals surface area contributed by atoms with E-state index < -0.39 is 17.8 Å². The molecule has 0 aromatic carbocycles. The van der Waals surface area contributed by atoms with Crippen LogP contribution in [-0.2, 0) is 14.3 Å². The van der Waals surface area contributed by atoms with Crippen LogP contribution in [0.4, 0.5) is 4.79 Å². The van der Waals surface area contributed by atoms with Gasteiger partial charge >= 0.3 is 17.8 Å². The van der Waals surface area contributed by atoms with Crippen LogP contribution in [0.3, 0.4) is 0 Å². The van der Waals surface area contributed by atoms with Gasteiger partial charge in [-0.05, 0) is 25.2 Å². The largest absolute Gasteiger partial charge is 0.376 e. The van der Waals surface area contributed by atoms with Crippen LogP contribution < -0.4 is 5.32 Å². The number of rotatable bonds is 2. The van der Waals surface area contributed by atoms with Crippen molar-refractivity contribution in [3.05, 3.63) is 0 Å². The first-order chi connectivity index (χ1) is 7.68. The fourth-order valence-corrected chi connectivity index (χ4v) is 2.46. The molecule has 1 aliphatic carbocycles. The Bertz CT molecular complexity index is 377. The van der Waals surface area contributed by atoms with Crippen molar-refractivity contribution in [3.8, 4) is 0 Å². The second kappa shape index (κ2) is 3.28. The molecule has 1 N–H and O–H groups in total. The minimum atomic E-state index is -0.827. The summed E-state index contributed by atoms with van der Waals surface area (Å²) in [7, 11) is 0. The summed E-state index contributed by atoms with van der Waals surface area (Å²) in [6.45, 7) is 0.553. The van der Waals surface area contributed by atoms with E-state index in [9.17, 15) is 14.4 Å². The third-order valence-electron chi connectivity index (χ3n) is 3.37. The molecular weight excluding hydrogens is 212 g/mol. The van der Waals surface area contributed by atoms with Gasteiger partial charge in [0.1, 0.15) is 0 Å².